The van der Waals surface area contributed by atoms with Gasteiger partial charge in [-0.15, -0.1) is 0 Å². The molecule has 0 heterocycles. The van der Waals surface area contributed by atoms with E-state index in [2.05, 4.69) is 20.3 Å². The van der Waals surface area contributed by atoms with Gasteiger partial charge in [-0.05, 0) is 25.2 Å². The second kappa shape index (κ2) is 17.0. The molecule has 121 valence electrons. The minimum absolute atomic E-state index is 0.341. The van der Waals surface area contributed by atoms with Gasteiger partial charge in [0.2, 0.25) is 0 Å². The molecule has 1 radical (unpaired) electrons. The van der Waals surface area contributed by atoms with Crippen molar-refractivity contribution in [2.75, 3.05) is 6.61 Å². The summed E-state index contributed by atoms with van der Waals surface area (Å²) < 4.78 is 0. The quantitative estimate of drug-likeness (QED) is 0.329. The molecule has 1 atom stereocenters. The molecule has 0 fully saturated rings. The second-order valence-corrected chi connectivity index (χ2v) is 6.24. The molecule has 0 aliphatic rings. The molecule has 0 bridgehead atoms. The Hall–Kier alpha value is -0.0400. The third-order valence-corrected chi connectivity index (χ3v) is 4.33. The molecule has 0 spiro atoms. The van der Waals surface area contributed by atoms with Crippen LogP contribution in [0.25, 0.3) is 0 Å². The Morgan fingerprint density at radius 1 is 0.750 bits per heavy atom. The van der Waals surface area contributed by atoms with Crippen LogP contribution in [0.4, 0.5) is 0 Å². The van der Waals surface area contributed by atoms with Crippen molar-refractivity contribution in [1.29, 1.82) is 0 Å². The summed E-state index contributed by atoms with van der Waals surface area (Å²) in [6, 6.07) is 0. The van der Waals surface area contributed by atoms with E-state index in [1.165, 1.54) is 83.5 Å². The number of unbranched alkanes of at least 4 members (excludes halogenated alkanes) is 11. The van der Waals surface area contributed by atoms with Crippen molar-refractivity contribution in [3.63, 3.8) is 0 Å². The number of hydrogen-bond donors (Lipinski definition) is 1. The number of aliphatic hydroxyl groups excluding tert-OH is 1. The van der Waals surface area contributed by atoms with Gasteiger partial charge in [-0.1, -0.05) is 90.9 Å². The van der Waals surface area contributed by atoms with Crippen LogP contribution in [0.5, 0.6) is 0 Å². The van der Waals surface area contributed by atoms with Crippen LogP contribution in [-0.4, -0.2) is 11.7 Å². The normalized spacial score (nSPS) is 12.8. The molecule has 0 saturated heterocycles. The standard InChI is InChI=1S/C19H39O/c1-3-5-6-7-8-9-10-11-12-13-14-15-16-19(4-2)17-18-20/h16,19-20H,3-15,17-18H2,1-2H3. The van der Waals surface area contributed by atoms with E-state index >= 15 is 0 Å². The molecule has 0 rings (SSSR count). The zero-order chi connectivity index (χ0) is 14.9. The highest BCUT2D eigenvalue weighted by Gasteiger charge is 2.04. The fourth-order valence-electron chi connectivity index (χ4n) is 2.82. The van der Waals surface area contributed by atoms with Gasteiger partial charge < -0.3 is 5.11 Å². The van der Waals surface area contributed by atoms with Crippen molar-refractivity contribution in [3.05, 3.63) is 6.42 Å². The van der Waals surface area contributed by atoms with Crippen molar-refractivity contribution < 1.29 is 5.11 Å². The molecule has 0 aliphatic carbocycles. The molecule has 0 amide bonds. The van der Waals surface area contributed by atoms with Gasteiger partial charge in [0.1, 0.15) is 0 Å². The Kier molecular flexibility index (Phi) is 17.0. The van der Waals surface area contributed by atoms with Crippen molar-refractivity contribution >= 4 is 0 Å². The first-order valence-corrected chi connectivity index (χ1v) is 9.29. The number of aliphatic hydroxyl groups is 1. The lowest BCUT2D eigenvalue weighted by atomic mass is 9.95. The van der Waals surface area contributed by atoms with Gasteiger partial charge in [-0.3, -0.25) is 0 Å². The molecule has 0 aromatic carbocycles. The van der Waals surface area contributed by atoms with Gasteiger partial charge in [-0.2, -0.15) is 0 Å². The summed E-state index contributed by atoms with van der Waals surface area (Å²) in [4.78, 5) is 0. The Balaban J connectivity index is 3.09. The summed E-state index contributed by atoms with van der Waals surface area (Å²) in [5.74, 6) is 0.642. The van der Waals surface area contributed by atoms with Crippen molar-refractivity contribution in [2.45, 2.75) is 104 Å². The molecule has 0 aromatic rings. The molecule has 1 heteroatoms. The minimum Gasteiger partial charge on any atom is -0.396 e. The predicted molar refractivity (Wildman–Crippen MR) is 90.9 cm³/mol. The van der Waals surface area contributed by atoms with E-state index in [1.54, 1.807) is 0 Å². The first-order valence-electron chi connectivity index (χ1n) is 9.29. The summed E-state index contributed by atoms with van der Waals surface area (Å²) in [6.45, 7) is 4.84. The summed E-state index contributed by atoms with van der Waals surface area (Å²) >= 11 is 0. The maximum absolute atomic E-state index is 8.94. The lowest BCUT2D eigenvalue weighted by molar-refractivity contribution is 0.262. The van der Waals surface area contributed by atoms with Crippen LogP contribution >= 0.6 is 0 Å². The minimum atomic E-state index is 0.341. The molecule has 1 nitrogen and oxygen atoms in total. The van der Waals surface area contributed by atoms with E-state index in [9.17, 15) is 0 Å². The van der Waals surface area contributed by atoms with Crippen LogP contribution in [0.3, 0.4) is 0 Å². The largest absolute Gasteiger partial charge is 0.396 e. The summed E-state index contributed by atoms with van der Waals surface area (Å²) in [5, 5.41) is 8.94. The van der Waals surface area contributed by atoms with E-state index in [0.717, 1.165) is 6.42 Å². The molecular formula is C19H39O. The maximum atomic E-state index is 8.94. The monoisotopic (exact) mass is 283 g/mol. The first kappa shape index (κ1) is 20.0. The third kappa shape index (κ3) is 14.4. The van der Waals surface area contributed by atoms with Crippen LogP contribution in [0, 0.1) is 12.3 Å². The SMILES string of the molecule is CCCCCCCCCCCCC[CH]C(CC)CCO. The zero-order valence-corrected chi connectivity index (χ0v) is 14.2. The Bertz CT molecular complexity index is 167. The van der Waals surface area contributed by atoms with E-state index in [4.69, 9.17) is 5.11 Å². The van der Waals surface area contributed by atoms with E-state index in [0.29, 0.717) is 12.5 Å². The average molecular weight is 284 g/mol. The fraction of sp³-hybridized carbons (Fsp3) is 0.947. The van der Waals surface area contributed by atoms with Gasteiger partial charge in [-0.25, -0.2) is 0 Å². The molecule has 20 heavy (non-hydrogen) atoms. The van der Waals surface area contributed by atoms with E-state index in [1.807, 2.05) is 0 Å². The van der Waals surface area contributed by atoms with Crippen molar-refractivity contribution in [2.24, 2.45) is 5.92 Å². The zero-order valence-electron chi connectivity index (χ0n) is 14.2. The van der Waals surface area contributed by atoms with E-state index < -0.39 is 0 Å². The highest BCUT2D eigenvalue weighted by atomic mass is 16.3. The van der Waals surface area contributed by atoms with Crippen molar-refractivity contribution in [3.8, 4) is 0 Å². The lowest BCUT2D eigenvalue weighted by Crippen LogP contribution is -2.02. The van der Waals surface area contributed by atoms with E-state index in [-0.39, 0.29) is 0 Å². The van der Waals surface area contributed by atoms with Gasteiger partial charge >= 0.3 is 0 Å². The molecule has 1 unspecified atom stereocenters. The molecule has 0 aromatic heterocycles. The predicted octanol–water partition coefficient (Wildman–Crippen LogP) is 6.30. The van der Waals surface area contributed by atoms with Gasteiger partial charge in [0.15, 0.2) is 0 Å². The van der Waals surface area contributed by atoms with Crippen LogP contribution in [-0.2, 0) is 0 Å². The molecule has 0 aliphatic heterocycles. The van der Waals surface area contributed by atoms with Gasteiger partial charge in [0.05, 0.1) is 0 Å². The molecular weight excluding hydrogens is 244 g/mol. The fourth-order valence-corrected chi connectivity index (χ4v) is 2.82. The maximum Gasteiger partial charge on any atom is 0.0433 e. The van der Waals surface area contributed by atoms with Crippen LogP contribution in [0.2, 0.25) is 0 Å². The summed E-state index contributed by atoms with van der Waals surface area (Å²) in [5.41, 5.74) is 0. The van der Waals surface area contributed by atoms with Crippen LogP contribution < -0.4 is 0 Å². The smallest absolute Gasteiger partial charge is 0.0433 e. The van der Waals surface area contributed by atoms with Crippen LogP contribution in [0.1, 0.15) is 104 Å². The van der Waals surface area contributed by atoms with Crippen LogP contribution in [0.15, 0.2) is 0 Å². The second-order valence-electron chi connectivity index (χ2n) is 6.24. The third-order valence-electron chi connectivity index (χ3n) is 4.33. The summed E-state index contributed by atoms with van der Waals surface area (Å²) in [6.07, 6.45) is 21.4. The summed E-state index contributed by atoms with van der Waals surface area (Å²) in [7, 11) is 0. The Morgan fingerprint density at radius 3 is 1.70 bits per heavy atom. The first-order chi connectivity index (χ1) is 9.85. The molecule has 0 saturated carbocycles. The highest BCUT2D eigenvalue weighted by Crippen LogP contribution is 2.17. The number of hydrogen-bond acceptors (Lipinski definition) is 1. The number of rotatable bonds is 16. The van der Waals surface area contributed by atoms with Crippen molar-refractivity contribution in [1.82, 2.24) is 0 Å². The van der Waals surface area contributed by atoms with Gasteiger partial charge in [0, 0.05) is 6.61 Å². The lowest BCUT2D eigenvalue weighted by Gasteiger charge is -2.12. The van der Waals surface area contributed by atoms with Gasteiger partial charge in [0.25, 0.3) is 0 Å². The average Bonchev–Trinajstić information content (AvgIpc) is 2.47. The Morgan fingerprint density at radius 2 is 1.25 bits per heavy atom. The highest BCUT2D eigenvalue weighted by molar-refractivity contribution is 4.74. The Labute approximate surface area is 128 Å². The molecule has 1 N–H and O–H groups in total. The topological polar surface area (TPSA) is 20.2 Å².